The molecule has 2 aromatic carbocycles. The van der Waals surface area contributed by atoms with Gasteiger partial charge >= 0.3 is 6.18 Å². The Kier molecular flexibility index (Phi) is 6.61. The van der Waals surface area contributed by atoms with Crippen LogP contribution in [0, 0.1) is 11.6 Å². The van der Waals surface area contributed by atoms with Crippen molar-refractivity contribution in [2.75, 3.05) is 0 Å². The minimum atomic E-state index is -4.88. The Bertz CT molecular complexity index is 1100. The van der Waals surface area contributed by atoms with E-state index in [1.165, 1.54) is 12.1 Å². The number of carbonyl (C=O) groups is 1. The molecule has 1 saturated carbocycles. The molecule has 0 saturated heterocycles. The van der Waals surface area contributed by atoms with Crippen LogP contribution in [0.25, 0.3) is 0 Å². The summed E-state index contributed by atoms with van der Waals surface area (Å²) in [6.45, 7) is 0. The number of benzene rings is 2. The molecule has 0 aromatic heterocycles. The highest BCUT2D eigenvalue weighted by Gasteiger charge is 2.36. The van der Waals surface area contributed by atoms with Crippen molar-refractivity contribution in [1.29, 1.82) is 0 Å². The maximum Gasteiger partial charge on any atom is 0.416 e. The molecule has 1 amide bonds. The highest BCUT2D eigenvalue weighted by molar-refractivity contribution is 7.92. The smallest absolute Gasteiger partial charge is 0.349 e. The molecule has 0 heterocycles. The fourth-order valence-electron chi connectivity index (χ4n) is 3.51. The average Bonchev–Trinajstić information content (AvgIpc) is 2.69. The standard InChI is InChI=1S/C20H17ClF5NO3S/c21-17-7-11(1-6-18(17)23)19(28)27-14-2-4-15(5-3-14)31(29,30)16-9-12(20(24,25)26)8-13(22)10-16/h1,6-10,14-15H,2-5H2,(H,27,28). The highest BCUT2D eigenvalue weighted by atomic mass is 35.5. The van der Waals surface area contributed by atoms with Gasteiger partial charge in [-0.3, -0.25) is 4.79 Å². The summed E-state index contributed by atoms with van der Waals surface area (Å²) in [7, 11) is -4.19. The first-order chi connectivity index (χ1) is 14.4. The van der Waals surface area contributed by atoms with Gasteiger partial charge in [0.15, 0.2) is 9.84 Å². The van der Waals surface area contributed by atoms with Crippen LogP contribution < -0.4 is 5.32 Å². The van der Waals surface area contributed by atoms with E-state index >= 15 is 0 Å². The Hall–Kier alpha value is -2.20. The third-order valence-electron chi connectivity index (χ3n) is 5.16. The number of amides is 1. The molecule has 0 radical (unpaired) electrons. The zero-order valence-corrected chi connectivity index (χ0v) is 17.4. The van der Waals surface area contributed by atoms with Gasteiger partial charge in [0.05, 0.1) is 20.7 Å². The van der Waals surface area contributed by atoms with Crippen molar-refractivity contribution in [2.24, 2.45) is 0 Å². The molecule has 1 aliphatic rings. The van der Waals surface area contributed by atoms with Crippen LogP contribution in [-0.4, -0.2) is 25.6 Å². The summed E-state index contributed by atoms with van der Waals surface area (Å²) in [5.41, 5.74) is -1.23. The Balaban J connectivity index is 1.68. The van der Waals surface area contributed by atoms with Crippen LogP contribution in [0.3, 0.4) is 0 Å². The van der Waals surface area contributed by atoms with Crippen molar-refractivity contribution in [1.82, 2.24) is 5.32 Å². The molecule has 0 atom stereocenters. The molecule has 0 spiro atoms. The first-order valence-corrected chi connectivity index (χ1v) is 11.2. The van der Waals surface area contributed by atoms with E-state index in [1.807, 2.05) is 0 Å². The zero-order chi connectivity index (χ0) is 23.0. The van der Waals surface area contributed by atoms with Crippen molar-refractivity contribution in [3.05, 3.63) is 64.2 Å². The van der Waals surface area contributed by atoms with Crippen LogP contribution in [0.15, 0.2) is 41.3 Å². The molecule has 1 fully saturated rings. The second-order valence-corrected chi connectivity index (χ2v) is 9.93. The Morgan fingerprint density at radius 1 is 1.00 bits per heavy atom. The molecule has 4 nitrogen and oxygen atoms in total. The third kappa shape index (κ3) is 5.35. The number of sulfone groups is 1. The summed E-state index contributed by atoms with van der Waals surface area (Å²) in [6.07, 6.45) is -4.21. The van der Waals surface area contributed by atoms with Crippen molar-refractivity contribution in [3.63, 3.8) is 0 Å². The third-order valence-corrected chi connectivity index (χ3v) is 7.69. The lowest BCUT2D eigenvalue weighted by Crippen LogP contribution is -2.40. The van der Waals surface area contributed by atoms with Gasteiger partial charge in [0.1, 0.15) is 11.6 Å². The lowest BCUT2D eigenvalue weighted by molar-refractivity contribution is -0.137. The Morgan fingerprint density at radius 2 is 1.65 bits per heavy atom. The van der Waals surface area contributed by atoms with Crippen LogP contribution >= 0.6 is 11.6 Å². The number of rotatable bonds is 4. The van der Waals surface area contributed by atoms with Gasteiger partial charge in [0.25, 0.3) is 5.91 Å². The van der Waals surface area contributed by atoms with Crippen LogP contribution in [0.2, 0.25) is 5.02 Å². The van der Waals surface area contributed by atoms with Crippen LogP contribution in [-0.2, 0) is 16.0 Å². The topological polar surface area (TPSA) is 63.2 Å². The van der Waals surface area contributed by atoms with Gasteiger partial charge in [-0.25, -0.2) is 17.2 Å². The predicted molar refractivity (Wildman–Crippen MR) is 104 cm³/mol. The van der Waals surface area contributed by atoms with Crippen molar-refractivity contribution in [3.8, 4) is 0 Å². The van der Waals surface area contributed by atoms with Gasteiger partial charge < -0.3 is 5.32 Å². The van der Waals surface area contributed by atoms with Gasteiger partial charge in [-0.2, -0.15) is 13.2 Å². The van der Waals surface area contributed by atoms with Gasteiger partial charge in [-0.15, -0.1) is 0 Å². The van der Waals surface area contributed by atoms with Crippen molar-refractivity contribution < 1.29 is 35.2 Å². The lowest BCUT2D eigenvalue weighted by Gasteiger charge is -2.29. The minimum absolute atomic E-state index is 0.0787. The second kappa shape index (κ2) is 8.74. The van der Waals surface area contributed by atoms with E-state index in [-0.39, 0.29) is 48.4 Å². The van der Waals surface area contributed by atoms with Gasteiger partial charge in [0, 0.05) is 11.6 Å². The minimum Gasteiger partial charge on any atom is -0.349 e. The fraction of sp³-hybridized carbons (Fsp3) is 0.350. The maximum absolute atomic E-state index is 13.6. The number of halogens is 6. The molecule has 1 N–H and O–H groups in total. The first kappa shape index (κ1) is 23.5. The summed E-state index contributed by atoms with van der Waals surface area (Å²) in [5.74, 6) is -2.46. The maximum atomic E-state index is 13.6. The number of hydrogen-bond acceptors (Lipinski definition) is 3. The van der Waals surface area contributed by atoms with E-state index in [1.54, 1.807) is 0 Å². The average molecular weight is 482 g/mol. The molecule has 3 rings (SSSR count). The monoisotopic (exact) mass is 481 g/mol. The highest BCUT2D eigenvalue weighted by Crippen LogP contribution is 2.34. The van der Waals surface area contributed by atoms with Crippen LogP contribution in [0.5, 0.6) is 0 Å². The van der Waals surface area contributed by atoms with E-state index in [2.05, 4.69) is 5.32 Å². The van der Waals surface area contributed by atoms with Crippen LogP contribution in [0.4, 0.5) is 22.0 Å². The molecule has 168 valence electrons. The quantitative estimate of drug-likeness (QED) is 0.614. The van der Waals surface area contributed by atoms with Crippen molar-refractivity contribution in [2.45, 2.75) is 48.0 Å². The van der Waals surface area contributed by atoms with Gasteiger partial charge in [-0.1, -0.05) is 11.6 Å². The summed E-state index contributed by atoms with van der Waals surface area (Å²) >= 11 is 5.66. The van der Waals surface area contributed by atoms with Crippen LogP contribution in [0.1, 0.15) is 41.6 Å². The van der Waals surface area contributed by atoms with E-state index in [0.29, 0.717) is 12.1 Å². The number of carbonyl (C=O) groups excluding carboxylic acids is 1. The molecule has 0 unspecified atom stereocenters. The SMILES string of the molecule is O=C(NC1CCC(S(=O)(=O)c2cc(F)cc(C(F)(F)F)c2)CC1)c1ccc(F)c(Cl)c1. The molecule has 2 aromatic rings. The molecule has 31 heavy (non-hydrogen) atoms. The first-order valence-electron chi connectivity index (χ1n) is 9.25. The van der Waals surface area contributed by atoms with Gasteiger partial charge in [-0.05, 0) is 62.1 Å². The van der Waals surface area contributed by atoms with E-state index < -0.39 is 49.3 Å². The number of alkyl halides is 3. The summed E-state index contributed by atoms with van der Waals surface area (Å²) in [6, 6.07) is 4.36. The lowest BCUT2D eigenvalue weighted by atomic mass is 9.94. The zero-order valence-electron chi connectivity index (χ0n) is 15.8. The Morgan fingerprint density at radius 3 is 2.23 bits per heavy atom. The van der Waals surface area contributed by atoms with E-state index in [4.69, 9.17) is 11.6 Å². The molecule has 1 aliphatic carbocycles. The summed E-state index contributed by atoms with van der Waals surface area (Å²) in [5, 5.41) is 1.50. The summed E-state index contributed by atoms with van der Waals surface area (Å²) in [4.78, 5) is 11.6. The second-order valence-electron chi connectivity index (χ2n) is 7.29. The molecule has 11 heteroatoms. The molecular formula is C20H17ClF5NO3S. The fourth-order valence-corrected chi connectivity index (χ4v) is 5.53. The number of nitrogens with one attached hydrogen (secondary N) is 1. The predicted octanol–water partition coefficient (Wildman–Crippen LogP) is 5.15. The van der Waals surface area contributed by atoms with Crippen molar-refractivity contribution >= 4 is 27.3 Å². The molecule has 0 aliphatic heterocycles. The summed E-state index contributed by atoms with van der Waals surface area (Å²) < 4.78 is 91.1. The largest absolute Gasteiger partial charge is 0.416 e. The van der Waals surface area contributed by atoms with E-state index in [0.717, 1.165) is 6.07 Å². The molecular weight excluding hydrogens is 465 g/mol. The van der Waals surface area contributed by atoms with Gasteiger partial charge in [0.2, 0.25) is 0 Å². The number of hydrogen-bond donors (Lipinski definition) is 1. The van der Waals surface area contributed by atoms with E-state index in [9.17, 15) is 35.2 Å². The molecule has 0 bridgehead atoms. The Labute approximate surface area is 180 Å². The normalized spacial score (nSPS) is 19.8.